The third kappa shape index (κ3) is 1.36. The Hall–Kier alpha value is -1.90. The van der Waals surface area contributed by atoms with Crippen LogP contribution >= 0.6 is 0 Å². The van der Waals surface area contributed by atoms with Gasteiger partial charge in [0.25, 0.3) is 0 Å². The molecule has 0 bridgehead atoms. The van der Waals surface area contributed by atoms with Gasteiger partial charge in [-0.15, -0.1) is 0 Å². The SMILES string of the molecule is O=C(O)c1[c]nc2ccccc2c1. The van der Waals surface area contributed by atoms with Crippen molar-refractivity contribution in [1.82, 2.24) is 4.98 Å². The Morgan fingerprint density at radius 3 is 2.92 bits per heavy atom. The molecule has 1 heterocycles. The molecule has 1 N–H and O–H groups in total. The normalized spacial score (nSPS) is 10.2. The average molecular weight is 172 g/mol. The molecule has 0 unspecified atom stereocenters. The summed E-state index contributed by atoms with van der Waals surface area (Å²) in [6.07, 6.45) is 2.46. The summed E-state index contributed by atoms with van der Waals surface area (Å²) in [5.74, 6) is -1.00. The zero-order chi connectivity index (χ0) is 9.26. The maximum atomic E-state index is 10.6. The lowest BCUT2D eigenvalue weighted by Gasteiger charge is -1.96. The number of fused-ring (bicyclic) bond motifs is 1. The first-order valence-electron chi connectivity index (χ1n) is 3.78. The Bertz CT molecular complexity index is 465. The number of para-hydroxylation sites is 1. The molecule has 0 amide bonds. The lowest BCUT2D eigenvalue weighted by atomic mass is 10.2. The molecule has 0 atom stereocenters. The average Bonchev–Trinajstić information content (AvgIpc) is 2.17. The van der Waals surface area contributed by atoms with E-state index in [1.54, 1.807) is 6.07 Å². The van der Waals surface area contributed by atoms with Crippen molar-refractivity contribution in [2.45, 2.75) is 0 Å². The van der Waals surface area contributed by atoms with Crippen LogP contribution in [0.25, 0.3) is 10.9 Å². The number of aromatic nitrogens is 1. The van der Waals surface area contributed by atoms with E-state index in [2.05, 4.69) is 11.2 Å². The summed E-state index contributed by atoms with van der Waals surface area (Å²) >= 11 is 0. The van der Waals surface area contributed by atoms with Crippen molar-refractivity contribution >= 4 is 16.9 Å². The molecule has 0 spiro atoms. The summed E-state index contributed by atoms with van der Waals surface area (Å²) < 4.78 is 0. The highest BCUT2D eigenvalue weighted by Crippen LogP contribution is 2.11. The van der Waals surface area contributed by atoms with Crippen LogP contribution in [0.3, 0.4) is 0 Å². The van der Waals surface area contributed by atoms with E-state index in [4.69, 9.17) is 5.11 Å². The number of pyridine rings is 1. The van der Waals surface area contributed by atoms with Crippen LogP contribution < -0.4 is 0 Å². The third-order valence-corrected chi connectivity index (χ3v) is 1.76. The maximum absolute atomic E-state index is 10.6. The molecule has 1 radical (unpaired) electrons. The number of carboxylic acids is 1. The molecule has 0 aliphatic heterocycles. The maximum Gasteiger partial charge on any atom is 0.338 e. The molecule has 2 rings (SSSR count). The Morgan fingerprint density at radius 1 is 1.38 bits per heavy atom. The van der Waals surface area contributed by atoms with E-state index in [9.17, 15) is 4.79 Å². The first-order valence-corrected chi connectivity index (χ1v) is 3.78. The van der Waals surface area contributed by atoms with Gasteiger partial charge in [-0.05, 0) is 12.1 Å². The van der Waals surface area contributed by atoms with Crippen molar-refractivity contribution in [2.75, 3.05) is 0 Å². The first-order chi connectivity index (χ1) is 6.27. The summed E-state index contributed by atoms with van der Waals surface area (Å²) in [4.78, 5) is 14.5. The standard InChI is InChI=1S/C10H6NO2/c12-10(13)8-5-7-3-1-2-4-9(7)11-6-8/h1-5H,(H,12,13). The number of nitrogens with zero attached hydrogens (tertiary/aromatic N) is 1. The number of hydrogen-bond acceptors (Lipinski definition) is 2. The zero-order valence-corrected chi connectivity index (χ0v) is 6.69. The van der Waals surface area contributed by atoms with Crippen LogP contribution in [0.4, 0.5) is 0 Å². The molecule has 63 valence electrons. The number of aromatic carboxylic acids is 1. The highest BCUT2D eigenvalue weighted by molar-refractivity contribution is 5.91. The molecule has 1 aromatic carbocycles. The van der Waals surface area contributed by atoms with Gasteiger partial charge in [0.2, 0.25) is 0 Å². The second-order valence-electron chi connectivity index (χ2n) is 2.65. The Balaban J connectivity index is 2.69. The van der Waals surface area contributed by atoms with Crippen LogP contribution in [0.2, 0.25) is 0 Å². The highest BCUT2D eigenvalue weighted by atomic mass is 16.4. The second kappa shape index (κ2) is 2.86. The molecule has 0 fully saturated rings. The number of benzene rings is 1. The predicted molar refractivity (Wildman–Crippen MR) is 47.5 cm³/mol. The van der Waals surface area contributed by atoms with Crippen molar-refractivity contribution in [3.05, 3.63) is 42.1 Å². The number of carboxylic acid groups (broad SMARTS) is 1. The van der Waals surface area contributed by atoms with Gasteiger partial charge in [-0.3, -0.25) is 0 Å². The Morgan fingerprint density at radius 2 is 2.15 bits per heavy atom. The summed E-state index contributed by atoms with van der Waals surface area (Å²) in [6.45, 7) is 0. The molecule has 3 heteroatoms. The third-order valence-electron chi connectivity index (χ3n) is 1.76. The van der Waals surface area contributed by atoms with Crippen molar-refractivity contribution in [2.24, 2.45) is 0 Å². The molecular weight excluding hydrogens is 166 g/mol. The van der Waals surface area contributed by atoms with Crippen LogP contribution in [-0.4, -0.2) is 16.1 Å². The molecule has 3 nitrogen and oxygen atoms in total. The van der Waals surface area contributed by atoms with E-state index >= 15 is 0 Å². The topological polar surface area (TPSA) is 50.2 Å². The van der Waals surface area contributed by atoms with Crippen LogP contribution in [-0.2, 0) is 0 Å². The molecule has 1 aromatic heterocycles. The van der Waals surface area contributed by atoms with E-state index in [0.717, 1.165) is 10.9 Å². The van der Waals surface area contributed by atoms with Crippen LogP contribution in [0.5, 0.6) is 0 Å². The van der Waals surface area contributed by atoms with E-state index in [1.807, 2.05) is 24.3 Å². The fraction of sp³-hybridized carbons (Fsp3) is 0. The van der Waals surface area contributed by atoms with Gasteiger partial charge in [0, 0.05) is 5.39 Å². The largest absolute Gasteiger partial charge is 0.478 e. The summed E-state index contributed by atoms with van der Waals surface area (Å²) in [5, 5.41) is 9.49. The van der Waals surface area contributed by atoms with E-state index in [-0.39, 0.29) is 5.56 Å². The fourth-order valence-electron chi connectivity index (χ4n) is 1.13. The minimum Gasteiger partial charge on any atom is -0.478 e. The second-order valence-corrected chi connectivity index (χ2v) is 2.65. The molecule has 0 aliphatic carbocycles. The van der Waals surface area contributed by atoms with Crippen molar-refractivity contribution < 1.29 is 9.90 Å². The minimum atomic E-state index is -1.00. The molecule has 2 aromatic rings. The summed E-state index contributed by atoms with van der Waals surface area (Å²) in [6, 6.07) is 8.89. The van der Waals surface area contributed by atoms with Gasteiger partial charge >= 0.3 is 5.97 Å². The van der Waals surface area contributed by atoms with Crippen LogP contribution in [0.1, 0.15) is 10.4 Å². The lowest BCUT2D eigenvalue weighted by molar-refractivity contribution is 0.0696. The summed E-state index contributed by atoms with van der Waals surface area (Å²) in [5.41, 5.74) is 0.853. The van der Waals surface area contributed by atoms with E-state index in [0.29, 0.717) is 0 Å². The quantitative estimate of drug-likeness (QED) is 0.712. The fourth-order valence-corrected chi connectivity index (χ4v) is 1.13. The summed E-state index contributed by atoms with van der Waals surface area (Å²) in [7, 11) is 0. The Kier molecular flexibility index (Phi) is 1.70. The van der Waals surface area contributed by atoms with E-state index in [1.165, 1.54) is 0 Å². The van der Waals surface area contributed by atoms with Crippen molar-refractivity contribution in [1.29, 1.82) is 0 Å². The van der Waals surface area contributed by atoms with Crippen molar-refractivity contribution in [3.8, 4) is 0 Å². The molecule has 0 saturated heterocycles. The van der Waals surface area contributed by atoms with Gasteiger partial charge in [-0.2, -0.15) is 0 Å². The van der Waals surface area contributed by atoms with Crippen molar-refractivity contribution in [3.63, 3.8) is 0 Å². The molecule has 13 heavy (non-hydrogen) atoms. The van der Waals surface area contributed by atoms with Crippen LogP contribution in [0, 0.1) is 6.20 Å². The Labute approximate surface area is 74.7 Å². The monoisotopic (exact) mass is 172 g/mol. The van der Waals surface area contributed by atoms with Gasteiger partial charge in [0.05, 0.1) is 11.1 Å². The zero-order valence-electron chi connectivity index (χ0n) is 6.69. The van der Waals surface area contributed by atoms with Crippen LogP contribution in [0.15, 0.2) is 30.3 Å². The minimum absolute atomic E-state index is 0.0960. The molecule has 0 saturated carbocycles. The van der Waals surface area contributed by atoms with Gasteiger partial charge in [0.1, 0.15) is 6.20 Å². The number of carbonyl (C=O) groups is 1. The van der Waals surface area contributed by atoms with Gasteiger partial charge in [-0.25, -0.2) is 9.78 Å². The highest BCUT2D eigenvalue weighted by Gasteiger charge is 2.03. The lowest BCUT2D eigenvalue weighted by Crippen LogP contribution is -1.97. The van der Waals surface area contributed by atoms with Gasteiger partial charge in [-0.1, -0.05) is 18.2 Å². The number of rotatable bonds is 1. The molecular formula is C10H6NO2. The van der Waals surface area contributed by atoms with E-state index < -0.39 is 5.97 Å². The molecule has 0 aliphatic rings. The smallest absolute Gasteiger partial charge is 0.338 e. The first kappa shape index (κ1) is 7.73. The predicted octanol–water partition coefficient (Wildman–Crippen LogP) is 1.73. The number of hydrogen-bond donors (Lipinski definition) is 1. The van der Waals surface area contributed by atoms with Gasteiger partial charge in [0.15, 0.2) is 0 Å². The van der Waals surface area contributed by atoms with Gasteiger partial charge < -0.3 is 5.11 Å².